The first kappa shape index (κ1) is 15.4. The summed E-state index contributed by atoms with van der Waals surface area (Å²) >= 11 is 0. The van der Waals surface area contributed by atoms with E-state index >= 15 is 0 Å². The number of aromatic nitrogens is 2. The normalized spacial score (nSPS) is 10.8. The summed E-state index contributed by atoms with van der Waals surface area (Å²) in [5.74, 6) is 0.926. The zero-order valence-corrected chi connectivity index (χ0v) is 14.2. The Morgan fingerprint density at radius 2 is 1.32 bits per heavy atom. The monoisotopic (exact) mass is 324 g/mol. The molecule has 0 saturated carbocycles. The molecule has 1 aromatic heterocycles. The van der Waals surface area contributed by atoms with Crippen molar-refractivity contribution >= 4 is 0 Å². The van der Waals surface area contributed by atoms with Gasteiger partial charge in [-0.2, -0.15) is 0 Å². The molecule has 1 heterocycles. The van der Waals surface area contributed by atoms with E-state index in [1.54, 1.807) is 0 Å². The maximum Gasteiger partial charge on any atom is 0.138 e. The highest BCUT2D eigenvalue weighted by molar-refractivity contribution is 5.81. The van der Waals surface area contributed by atoms with E-state index in [1.807, 2.05) is 12.1 Å². The molecule has 1 N–H and O–H groups in total. The summed E-state index contributed by atoms with van der Waals surface area (Å²) in [4.78, 5) is 8.56. The highest BCUT2D eigenvalue weighted by Gasteiger charge is 2.16. The summed E-state index contributed by atoms with van der Waals surface area (Å²) < 4.78 is 0. The van der Waals surface area contributed by atoms with E-state index < -0.39 is 0 Å². The van der Waals surface area contributed by atoms with Crippen LogP contribution in [0.1, 0.15) is 12.5 Å². The highest BCUT2D eigenvalue weighted by Crippen LogP contribution is 2.33. The van der Waals surface area contributed by atoms with E-state index in [1.165, 1.54) is 11.1 Å². The smallest absolute Gasteiger partial charge is 0.138 e. The molecule has 25 heavy (non-hydrogen) atoms. The number of benzene rings is 3. The highest BCUT2D eigenvalue weighted by atomic mass is 14.9. The first-order valence-electron chi connectivity index (χ1n) is 8.66. The van der Waals surface area contributed by atoms with Crippen molar-refractivity contribution in [1.82, 2.24) is 9.97 Å². The zero-order valence-electron chi connectivity index (χ0n) is 14.2. The molecule has 0 amide bonds. The molecular weight excluding hydrogens is 304 g/mol. The van der Waals surface area contributed by atoms with Gasteiger partial charge in [0.15, 0.2) is 0 Å². The predicted octanol–water partition coefficient (Wildman–Crippen LogP) is 5.97. The summed E-state index contributed by atoms with van der Waals surface area (Å²) in [6.07, 6.45) is 0.984. The maximum absolute atomic E-state index is 4.98. The van der Waals surface area contributed by atoms with Crippen LogP contribution in [0, 0.1) is 0 Å². The molecule has 0 fully saturated rings. The van der Waals surface area contributed by atoms with Crippen LogP contribution in [0.4, 0.5) is 0 Å². The predicted molar refractivity (Wildman–Crippen MR) is 104 cm³/mol. The van der Waals surface area contributed by atoms with Crippen LogP contribution in [0.25, 0.3) is 33.9 Å². The third-order valence-corrected chi connectivity index (χ3v) is 4.47. The fraction of sp³-hybridized carbons (Fsp3) is 0.0870. The van der Waals surface area contributed by atoms with E-state index in [0.717, 1.165) is 34.8 Å². The first-order chi connectivity index (χ1) is 12.4. The number of hydrogen-bond acceptors (Lipinski definition) is 1. The van der Waals surface area contributed by atoms with Gasteiger partial charge < -0.3 is 4.98 Å². The van der Waals surface area contributed by atoms with Crippen LogP contribution in [-0.2, 0) is 6.42 Å². The van der Waals surface area contributed by atoms with Crippen molar-refractivity contribution in [3.8, 4) is 33.9 Å². The molecule has 3 aromatic carbocycles. The van der Waals surface area contributed by atoms with Crippen molar-refractivity contribution < 1.29 is 0 Å². The number of aromatic amines is 1. The van der Waals surface area contributed by atoms with Gasteiger partial charge in [-0.05, 0) is 12.0 Å². The van der Waals surface area contributed by atoms with E-state index in [2.05, 4.69) is 84.7 Å². The molecule has 2 heteroatoms. The number of aryl methyl sites for hydroxylation is 1. The lowest BCUT2D eigenvalue weighted by atomic mass is 10.1. The summed E-state index contributed by atoms with van der Waals surface area (Å²) in [7, 11) is 0. The molecule has 122 valence electrons. The fourth-order valence-corrected chi connectivity index (χ4v) is 3.18. The molecule has 4 aromatic rings. The van der Waals surface area contributed by atoms with Crippen LogP contribution in [0.15, 0.2) is 84.9 Å². The van der Waals surface area contributed by atoms with Gasteiger partial charge in [-0.15, -0.1) is 0 Å². The van der Waals surface area contributed by atoms with Gasteiger partial charge in [-0.1, -0.05) is 91.9 Å². The topological polar surface area (TPSA) is 28.7 Å². The van der Waals surface area contributed by atoms with Gasteiger partial charge in [-0.3, -0.25) is 0 Å². The van der Waals surface area contributed by atoms with Crippen molar-refractivity contribution in [3.63, 3.8) is 0 Å². The molecular formula is C23H20N2. The molecule has 2 nitrogen and oxygen atoms in total. The van der Waals surface area contributed by atoms with Gasteiger partial charge in [0, 0.05) is 16.7 Å². The minimum atomic E-state index is 0.926. The Kier molecular flexibility index (Phi) is 4.17. The van der Waals surface area contributed by atoms with Crippen molar-refractivity contribution in [1.29, 1.82) is 0 Å². The van der Waals surface area contributed by atoms with Crippen LogP contribution in [0.5, 0.6) is 0 Å². The molecule has 0 saturated heterocycles. The van der Waals surface area contributed by atoms with Crippen LogP contribution in [-0.4, -0.2) is 9.97 Å². The van der Waals surface area contributed by atoms with Gasteiger partial charge in [0.2, 0.25) is 0 Å². The molecule has 0 radical (unpaired) electrons. The number of nitrogens with zero attached hydrogens (tertiary/aromatic N) is 1. The van der Waals surface area contributed by atoms with Crippen LogP contribution >= 0.6 is 0 Å². The molecule has 0 unspecified atom stereocenters. The van der Waals surface area contributed by atoms with Crippen molar-refractivity contribution in [2.45, 2.75) is 13.3 Å². The van der Waals surface area contributed by atoms with Crippen LogP contribution < -0.4 is 0 Å². The summed E-state index contributed by atoms with van der Waals surface area (Å²) in [5, 5.41) is 0. The van der Waals surface area contributed by atoms with Crippen LogP contribution in [0.3, 0.4) is 0 Å². The van der Waals surface area contributed by atoms with Gasteiger partial charge in [0.05, 0.1) is 11.4 Å². The van der Waals surface area contributed by atoms with E-state index in [9.17, 15) is 0 Å². The fourth-order valence-electron chi connectivity index (χ4n) is 3.18. The quantitative estimate of drug-likeness (QED) is 0.492. The lowest BCUT2D eigenvalue weighted by Gasteiger charge is -2.04. The Morgan fingerprint density at radius 3 is 2.00 bits per heavy atom. The van der Waals surface area contributed by atoms with E-state index in [4.69, 9.17) is 4.98 Å². The molecule has 0 spiro atoms. The second kappa shape index (κ2) is 6.78. The summed E-state index contributed by atoms with van der Waals surface area (Å²) in [5.41, 5.74) is 6.80. The average Bonchev–Trinajstić information content (AvgIpc) is 3.14. The number of nitrogens with one attached hydrogen (secondary N) is 1. The number of H-pyrrole nitrogens is 1. The van der Waals surface area contributed by atoms with Gasteiger partial charge in [-0.25, -0.2) is 4.98 Å². The van der Waals surface area contributed by atoms with E-state index in [-0.39, 0.29) is 0 Å². The van der Waals surface area contributed by atoms with Crippen molar-refractivity contribution in [3.05, 3.63) is 90.5 Å². The minimum absolute atomic E-state index is 0.926. The van der Waals surface area contributed by atoms with Crippen molar-refractivity contribution in [2.24, 2.45) is 0 Å². The molecule has 0 atom stereocenters. The third kappa shape index (κ3) is 2.99. The molecule has 0 aliphatic carbocycles. The summed E-state index contributed by atoms with van der Waals surface area (Å²) in [6, 6.07) is 29.2. The SMILES string of the molecule is CCc1ccccc1-c1nc(-c2ccccc2)c(-c2ccccc2)[nH]1. The Balaban J connectivity index is 1.93. The third-order valence-electron chi connectivity index (χ3n) is 4.47. The Bertz CT molecular complexity index is 912. The maximum atomic E-state index is 4.98. The van der Waals surface area contributed by atoms with E-state index in [0.29, 0.717) is 0 Å². The standard InChI is InChI=1S/C23H20N2/c1-2-17-11-9-10-16-20(17)23-24-21(18-12-5-3-6-13-18)22(25-23)19-14-7-4-8-15-19/h3-16H,2H2,1H3,(H,24,25). The number of imidazole rings is 1. The minimum Gasteiger partial charge on any atom is -0.337 e. The molecule has 0 aliphatic rings. The number of rotatable bonds is 4. The molecule has 0 bridgehead atoms. The van der Waals surface area contributed by atoms with Gasteiger partial charge in [0.1, 0.15) is 5.82 Å². The second-order valence-electron chi connectivity index (χ2n) is 6.05. The van der Waals surface area contributed by atoms with Crippen LogP contribution in [0.2, 0.25) is 0 Å². The Labute approximate surface area is 148 Å². The summed E-state index contributed by atoms with van der Waals surface area (Å²) in [6.45, 7) is 2.18. The second-order valence-corrected chi connectivity index (χ2v) is 6.05. The molecule has 0 aliphatic heterocycles. The first-order valence-corrected chi connectivity index (χ1v) is 8.66. The van der Waals surface area contributed by atoms with Crippen molar-refractivity contribution in [2.75, 3.05) is 0 Å². The van der Waals surface area contributed by atoms with Gasteiger partial charge >= 0.3 is 0 Å². The Morgan fingerprint density at radius 1 is 0.720 bits per heavy atom. The average molecular weight is 324 g/mol. The lowest BCUT2D eigenvalue weighted by molar-refractivity contribution is 1.13. The molecule has 4 rings (SSSR count). The Hall–Kier alpha value is -3.13. The lowest BCUT2D eigenvalue weighted by Crippen LogP contribution is -1.88. The largest absolute Gasteiger partial charge is 0.337 e. The zero-order chi connectivity index (χ0) is 17.1. The number of hydrogen-bond donors (Lipinski definition) is 1. The van der Waals surface area contributed by atoms with Gasteiger partial charge in [0.25, 0.3) is 0 Å².